The number of benzene rings is 1. The number of hydrogen-bond donors (Lipinski definition) is 1. The Hall–Kier alpha value is -1.43. The summed E-state index contributed by atoms with van der Waals surface area (Å²) in [6.07, 6.45) is 0. The van der Waals surface area contributed by atoms with Crippen molar-refractivity contribution in [3.63, 3.8) is 0 Å². The molecule has 1 N–H and O–H groups in total. The van der Waals surface area contributed by atoms with Crippen molar-refractivity contribution in [3.05, 3.63) is 22.2 Å². The van der Waals surface area contributed by atoms with Crippen molar-refractivity contribution < 1.29 is 9.90 Å². The number of aromatic carboxylic acids is 1. The van der Waals surface area contributed by atoms with E-state index in [4.69, 9.17) is 5.11 Å². The zero-order valence-electron chi connectivity index (χ0n) is 7.23. The van der Waals surface area contributed by atoms with Gasteiger partial charge in [0.2, 0.25) is 0 Å². The second-order valence-corrected chi connectivity index (χ2v) is 3.70. The van der Waals surface area contributed by atoms with Gasteiger partial charge in [-0.05, 0) is 28.1 Å². The number of rotatable bonds is 1. The summed E-state index contributed by atoms with van der Waals surface area (Å²) in [7, 11) is 1.72. The molecule has 0 fully saturated rings. The van der Waals surface area contributed by atoms with Crippen LogP contribution in [0.4, 0.5) is 0 Å². The van der Waals surface area contributed by atoms with E-state index in [1.165, 1.54) is 10.7 Å². The Morgan fingerprint density at radius 1 is 1.57 bits per heavy atom. The topological polar surface area (TPSA) is 68.0 Å². The maximum atomic E-state index is 10.8. The van der Waals surface area contributed by atoms with Gasteiger partial charge in [-0.1, -0.05) is 5.21 Å². The highest BCUT2D eigenvalue weighted by Crippen LogP contribution is 2.23. The second-order valence-electron chi connectivity index (χ2n) is 2.84. The molecule has 0 aliphatic heterocycles. The fourth-order valence-electron chi connectivity index (χ4n) is 1.21. The number of halogens is 1. The summed E-state index contributed by atoms with van der Waals surface area (Å²) < 4.78 is 2.17. The maximum absolute atomic E-state index is 10.8. The lowest BCUT2D eigenvalue weighted by atomic mass is 10.2. The lowest BCUT2D eigenvalue weighted by molar-refractivity contribution is 0.0697. The Morgan fingerprint density at radius 2 is 2.29 bits per heavy atom. The number of carboxylic acid groups (broad SMARTS) is 1. The van der Waals surface area contributed by atoms with Crippen LogP contribution in [0, 0.1) is 0 Å². The van der Waals surface area contributed by atoms with Crippen molar-refractivity contribution in [3.8, 4) is 0 Å². The molecule has 2 rings (SSSR count). The summed E-state index contributed by atoms with van der Waals surface area (Å²) in [6.45, 7) is 0. The fraction of sp³-hybridized carbons (Fsp3) is 0.125. The third-order valence-electron chi connectivity index (χ3n) is 1.92. The summed E-state index contributed by atoms with van der Waals surface area (Å²) in [5.41, 5.74) is 1.57. The van der Waals surface area contributed by atoms with Gasteiger partial charge in [0.1, 0.15) is 5.52 Å². The molecule has 2 aromatic rings. The molecule has 0 unspecified atom stereocenters. The smallest absolute Gasteiger partial charge is 0.335 e. The Labute approximate surface area is 87.5 Å². The Kier molecular flexibility index (Phi) is 1.99. The number of aryl methyl sites for hydroxylation is 1. The van der Waals surface area contributed by atoms with Crippen molar-refractivity contribution in [1.29, 1.82) is 0 Å². The third-order valence-corrected chi connectivity index (χ3v) is 2.52. The highest BCUT2D eigenvalue weighted by molar-refractivity contribution is 9.10. The molecule has 14 heavy (non-hydrogen) atoms. The molecule has 0 saturated heterocycles. The predicted molar refractivity (Wildman–Crippen MR) is 53.2 cm³/mol. The lowest BCUT2D eigenvalue weighted by Crippen LogP contribution is -1.97. The summed E-state index contributed by atoms with van der Waals surface area (Å²) in [5.74, 6) is -0.964. The molecular weight excluding hydrogens is 250 g/mol. The Morgan fingerprint density at radius 3 is 2.93 bits per heavy atom. The van der Waals surface area contributed by atoms with Gasteiger partial charge in [0.25, 0.3) is 0 Å². The van der Waals surface area contributed by atoms with E-state index < -0.39 is 5.97 Å². The summed E-state index contributed by atoms with van der Waals surface area (Å²) >= 11 is 3.25. The van der Waals surface area contributed by atoms with Crippen LogP contribution in [0.1, 0.15) is 10.4 Å². The quantitative estimate of drug-likeness (QED) is 0.837. The average molecular weight is 256 g/mol. The molecule has 0 aliphatic rings. The van der Waals surface area contributed by atoms with Gasteiger partial charge < -0.3 is 5.11 Å². The minimum atomic E-state index is -0.964. The Balaban J connectivity index is 2.82. The number of carboxylic acids is 1. The molecule has 0 aliphatic carbocycles. The van der Waals surface area contributed by atoms with E-state index in [1.54, 1.807) is 13.1 Å². The molecular formula is C8H6BrN3O2. The molecule has 72 valence electrons. The molecule has 0 bridgehead atoms. The van der Waals surface area contributed by atoms with Crippen LogP contribution in [0.3, 0.4) is 0 Å². The first-order valence-electron chi connectivity index (χ1n) is 3.82. The van der Waals surface area contributed by atoms with Gasteiger partial charge in [-0.15, -0.1) is 5.10 Å². The number of aromatic nitrogens is 3. The summed E-state index contributed by atoms with van der Waals surface area (Å²) in [5, 5.41) is 16.5. The van der Waals surface area contributed by atoms with Gasteiger partial charge >= 0.3 is 5.97 Å². The first-order valence-corrected chi connectivity index (χ1v) is 4.61. The van der Waals surface area contributed by atoms with Crippen LogP contribution >= 0.6 is 15.9 Å². The van der Waals surface area contributed by atoms with Gasteiger partial charge in [0.15, 0.2) is 0 Å². The summed E-state index contributed by atoms with van der Waals surface area (Å²) in [4.78, 5) is 10.8. The van der Waals surface area contributed by atoms with Crippen molar-refractivity contribution in [2.24, 2.45) is 7.05 Å². The highest BCUT2D eigenvalue weighted by Gasteiger charge is 2.11. The van der Waals surface area contributed by atoms with E-state index in [0.717, 1.165) is 0 Å². The van der Waals surface area contributed by atoms with Gasteiger partial charge in [-0.2, -0.15) is 0 Å². The SMILES string of the molecule is Cn1nnc2c(Br)cc(C(=O)O)cc21. The fourth-order valence-corrected chi connectivity index (χ4v) is 1.74. The molecule has 1 aromatic carbocycles. The normalized spacial score (nSPS) is 10.7. The molecule has 5 nitrogen and oxygen atoms in total. The number of nitrogens with zero attached hydrogens (tertiary/aromatic N) is 3. The van der Waals surface area contributed by atoms with Crippen molar-refractivity contribution in [2.45, 2.75) is 0 Å². The first kappa shape index (κ1) is 9.14. The minimum Gasteiger partial charge on any atom is -0.478 e. The molecule has 1 heterocycles. The van der Waals surface area contributed by atoms with Crippen molar-refractivity contribution >= 4 is 32.9 Å². The standard InChI is InChI=1S/C8H6BrN3O2/c1-12-6-3-4(8(13)14)2-5(9)7(6)10-11-12/h2-3H,1H3,(H,13,14). The number of carbonyl (C=O) groups is 1. The largest absolute Gasteiger partial charge is 0.478 e. The van der Waals surface area contributed by atoms with Crippen LogP contribution < -0.4 is 0 Å². The van der Waals surface area contributed by atoms with Gasteiger partial charge in [0, 0.05) is 11.5 Å². The van der Waals surface area contributed by atoms with Crippen LogP contribution in [0.5, 0.6) is 0 Å². The molecule has 0 radical (unpaired) electrons. The summed E-state index contributed by atoms with van der Waals surface area (Å²) in [6, 6.07) is 3.06. The monoisotopic (exact) mass is 255 g/mol. The zero-order valence-corrected chi connectivity index (χ0v) is 8.82. The van der Waals surface area contributed by atoms with Crippen LogP contribution in [0.15, 0.2) is 16.6 Å². The average Bonchev–Trinajstić information content (AvgIpc) is 2.48. The minimum absolute atomic E-state index is 0.217. The van der Waals surface area contributed by atoms with E-state index >= 15 is 0 Å². The van der Waals surface area contributed by atoms with E-state index in [-0.39, 0.29) is 5.56 Å². The van der Waals surface area contributed by atoms with E-state index in [9.17, 15) is 4.79 Å². The third kappa shape index (κ3) is 1.27. The molecule has 0 atom stereocenters. The maximum Gasteiger partial charge on any atom is 0.335 e. The van der Waals surface area contributed by atoms with Crippen LogP contribution in [0.25, 0.3) is 11.0 Å². The van der Waals surface area contributed by atoms with E-state index in [0.29, 0.717) is 15.5 Å². The molecule has 6 heteroatoms. The number of fused-ring (bicyclic) bond motifs is 1. The lowest BCUT2D eigenvalue weighted by Gasteiger charge is -1.97. The van der Waals surface area contributed by atoms with Gasteiger partial charge in [-0.25, -0.2) is 9.48 Å². The first-order chi connectivity index (χ1) is 6.59. The highest BCUT2D eigenvalue weighted by atomic mass is 79.9. The second kappa shape index (κ2) is 3.06. The van der Waals surface area contributed by atoms with Crippen LogP contribution in [-0.4, -0.2) is 26.1 Å². The van der Waals surface area contributed by atoms with Crippen molar-refractivity contribution in [2.75, 3.05) is 0 Å². The molecule has 0 spiro atoms. The van der Waals surface area contributed by atoms with Crippen LogP contribution in [0.2, 0.25) is 0 Å². The van der Waals surface area contributed by atoms with E-state index in [1.807, 2.05) is 0 Å². The number of hydrogen-bond acceptors (Lipinski definition) is 3. The Bertz CT molecular complexity index is 521. The molecule has 0 saturated carbocycles. The predicted octanol–water partition coefficient (Wildman–Crippen LogP) is 1.43. The van der Waals surface area contributed by atoms with Crippen LogP contribution in [-0.2, 0) is 7.05 Å². The zero-order chi connectivity index (χ0) is 10.3. The van der Waals surface area contributed by atoms with Gasteiger partial charge in [0.05, 0.1) is 11.1 Å². The molecule has 1 aromatic heterocycles. The van der Waals surface area contributed by atoms with Gasteiger partial charge in [-0.3, -0.25) is 0 Å². The molecule has 0 amide bonds. The van der Waals surface area contributed by atoms with Crippen molar-refractivity contribution in [1.82, 2.24) is 15.0 Å². The van der Waals surface area contributed by atoms with E-state index in [2.05, 4.69) is 26.2 Å².